The van der Waals surface area contributed by atoms with Crippen molar-refractivity contribution in [1.29, 1.82) is 0 Å². The van der Waals surface area contributed by atoms with Gasteiger partial charge in [-0.05, 0) is 49.2 Å². The number of nitrogens with zero attached hydrogens (tertiary/aromatic N) is 1. The zero-order valence-corrected chi connectivity index (χ0v) is 14.7. The van der Waals surface area contributed by atoms with Gasteiger partial charge in [0, 0.05) is 36.1 Å². The van der Waals surface area contributed by atoms with Crippen LogP contribution in [0.15, 0.2) is 48.7 Å². The van der Waals surface area contributed by atoms with Crippen LogP contribution in [-0.4, -0.2) is 29.9 Å². The van der Waals surface area contributed by atoms with Crippen LogP contribution in [0.1, 0.15) is 28.0 Å². The highest BCUT2D eigenvalue weighted by Gasteiger charge is 2.04. The molecule has 0 radical (unpaired) electrons. The van der Waals surface area contributed by atoms with Crippen LogP contribution in [0.5, 0.6) is 0 Å². The molecule has 25 heavy (non-hydrogen) atoms. The number of aromatic nitrogens is 1. The lowest BCUT2D eigenvalue weighted by molar-refractivity contribution is -0.116. The summed E-state index contributed by atoms with van der Waals surface area (Å²) in [4.78, 5) is 27.7. The SMILES string of the molecule is Cc1ccc(C(=O)NCCCNC(=O)C=Cc2ccc(Cl)cc2)cn1. The molecule has 1 aromatic carbocycles. The van der Waals surface area contributed by atoms with Gasteiger partial charge in [-0.15, -0.1) is 0 Å². The highest BCUT2D eigenvalue weighted by Crippen LogP contribution is 2.10. The van der Waals surface area contributed by atoms with Crippen molar-refractivity contribution in [2.24, 2.45) is 0 Å². The van der Waals surface area contributed by atoms with E-state index < -0.39 is 0 Å². The number of rotatable bonds is 7. The maximum Gasteiger partial charge on any atom is 0.252 e. The van der Waals surface area contributed by atoms with Crippen LogP contribution in [0.25, 0.3) is 6.08 Å². The Labute approximate surface area is 152 Å². The molecule has 0 fully saturated rings. The van der Waals surface area contributed by atoms with Gasteiger partial charge in [0.25, 0.3) is 5.91 Å². The van der Waals surface area contributed by atoms with Gasteiger partial charge in [-0.3, -0.25) is 14.6 Å². The summed E-state index contributed by atoms with van der Waals surface area (Å²) in [6, 6.07) is 10.7. The Balaban J connectivity index is 1.63. The summed E-state index contributed by atoms with van der Waals surface area (Å²) in [6.07, 6.45) is 5.39. The molecule has 130 valence electrons. The smallest absolute Gasteiger partial charge is 0.252 e. The van der Waals surface area contributed by atoms with Crippen molar-refractivity contribution >= 4 is 29.5 Å². The molecule has 0 bridgehead atoms. The van der Waals surface area contributed by atoms with E-state index in [1.54, 1.807) is 36.5 Å². The van der Waals surface area contributed by atoms with Gasteiger partial charge in [-0.2, -0.15) is 0 Å². The average molecular weight is 358 g/mol. The largest absolute Gasteiger partial charge is 0.352 e. The van der Waals surface area contributed by atoms with E-state index in [1.807, 2.05) is 19.1 Å². The maximum absolute atomic E-state index is 11.9. The molecule has 2 amide bonds. The Bertz CT molecular complexity index is 740. The molecular weight excluding hydrogens is 338 g/mol. The summed E-state index contributed by atoms with van der Waals surface area (Å²) in [5, 5.41) is 6.22. The molecule has 0 atom stereocenters. The number of benzene rings is 1. The molecule has 5 nitrogen and oxygen atoms in total. The first-order valence-corrected chi connectivity index (χ1v) is 8.35. The van der Waals surface area contributed by atoms with Crippen LogP contribution in [0.3, 0.4) is 0 Å². The van der Waals surface area contributed by atoms with Crippen molar-refractivity contribution in [2.45, 2.75) is 13.3 Å². The fourth-order valence-electron chi connectivity index (χ4n) is 2.01. The molecule has 2 aromatic rings. The topological polar surface area (TPSA) is 71.1 Å². The van der Waals surface area contributed by atoms with Crippen LogP contribution >= 0.6 is 11.6 Å². The number of nitrogens with one attached hydrogen (secondary N) is 2. The van der Waals surface area contributed by atoms with Crippen LogP contribution in [-0.2, 0) is 4.79 Å². The van der Waals surface area contributed by atoms with E-state index >= 15 is 0 Å². The summed E-state index contributed by atoms with van der Waals surface area (Å²) in [7, 11) is 0. The minimum absolute atomic E-state index is 0.165. The van der Waals surface area contributed by atoms with Crippen molar-refractivity contribution in [3.8, 4) is 0 Å². The Morgan fingerprint density at radius 3 is 2.48 bits per heavy atom. The van der Waals surface area contributed by atoms with E-state index in [1.165, 1.54) is 6.08 Å². The van der Waals surface area contributed by atoms with E-state index in [9.17, 15) is 9.59 Å². The molecule has 0 spiro atoms. The summed E-state index contributed by atoms with van der Waals surface area (Å²) >= 11 is 5.80. The van der Waals surface area contributed by atoms with Gasteiger partial charge < -0.3 is 10.6 Å². The van der Waals surface area contributed by atoms with Gasteiger partial charge in [0.15, 0.2) is 0 Å². The first-order valence-electron chi connectivity index (χ1n) is 7.97. The quantitative estimate of drug-likeness (QED) is 0.591. The second-order valence-corrected chi connectivity index (χ2v) is 5.91. The summed E-state index contributed by atoms with van der Waals surface area (Å²) in [5.74, 6) is -0.342. The van der Waals surface area contributed by atoms with Crippen molar-refractivity contribution in [2.75, 3.05) is 13.1 Å². The molecule has 0 aliphatic heterocycles. The molecule has 0 aliphatic rings. The summed E-state index contributed by atoms with van der Waals surface area (Å²) in [6.45, 7) is 2.83. The predicted molar refractivity (Wildman–Crippen MR) is 99.4 cm³/mol. The number of amides is 2. The molecule has 1 heterocycles. The second-order valence-electron chi connectivity index (χ2n) is 5.47. The van der Waals surface area contributed by atoms with Crippen LogP contribution in [0, 0.1) is 6.92 Å². The van der Waals surface area contributed by atoms with Gasteiger partial charge in [0.1, 0.15) is 0 Å². The summed E-state index contributed by atoms with van der Waals surface area (Å²) in [5.41, 5.74) is 2.30. The first kappa shape index (κ1) is 18.7. The van der Waals surface area contributed by atoms with Crippen molar-refractivity contribution in [1.82, 2.24) is 15.6 Å². The van der Waals surface area contributed by atoms with Crippen LogP contribution < -0.4 is 10.6 Å². The van der Waals surface area contributed by atoms with E-state index in [4.69, 9.17) is 11.6 Å². The lowest BCUT2D eigenvalue weighted by atomic mass is 10.2. The van der Waals surface area contributed by atoms with Crippen molar-refractivity contribution in [3.05, 3.63) is 70.5 Å². The van der Waals surface area contributed by atoms with Gasteiger partial charge in [0.05, 0.1) is 5.56 Å². The number of aryl methyl sites for hydroxylation is 1. The predicted octanol–water partition coefficient (Wildman–Crippen LogP) is 2.99. The number of halogens is 1. The van der Waals surface area contributed by atoms with E-state index in [-0.39, 0.29) is 11.8 Å². The fraction of sp³-hybridized carbons (Fsp3) is 0.211. The lowest BCUT2D eigenvalue weighted by Gasteiger charge is -2.06. The molecule has 0 saturated heterocycles. The van der Waals surface area contributed by atoms with Gasteiger partial charge in [-0.1, -0.05) is 23.7 Å². The zero-order chi connectivity index (χ0) is 18.1. The molecule has 2 rings (SSSR count). The third-order valence-corrected chi connectivity index (χ3v) is 3.66. The standard InChI is InChI=1S/C19H20ClN3O2/c1-14-3-7-16(13-23-14)19(25)22-12-2-11-21-18(24)10-6-15-4-8-17(20)9-5-15/h3-10,13H,2,11-12H2,1H3,(H,21,24)(H,22,25). The van der Waals surface area contributed by atoms with E-state index in [0.717, 1.165) is 11.3 Å². The number of pyridine rings is 1. The third kappa shape index (κ3) is 6.77. The van der Waals surface area contributed by atoms with Crippen LogP contribution in [0.4, 0.5) is 0 Å². The zero-order valence-electron chi connectivity index (χ0n) is 14.0. The molecule has 6 heteroatoms. The highest BCUT2D eigenvalue weighted by molar-refractivity contribution is 6.30. The monoisotopic (exact) mass is 357 g/mol. The number of carbonyl (C=O) groups excluding carboxylic acids is 2. The number of hydrogen-bond donors (Lipinski definition) is 2. The Morgan fingerprint density at radius 2 is 1.80 bits per heavy atom. The third-order valence-electron chi connectivity index (χ3n) is 3.41. The Morgan fingerprint density at radius 1 is 1.08 bits per heavy atom. The molecular formula is C19H20ClN3O2. The Hall–Kier alpha value is -2.66. The second kappa shape index (κ2) is 9.59. The van der Waals surface area contributed by atoms with E-state index in [2.05, 4.69) is 15.6 Å². The fourth-order valence-corrected chi connectivity index (χ4v) is 2.14. The van der Waals surface area contributed by atoms with Crippen molar-refractivity contribution in [3.63, 3.8) is 0 Å². The number of carbonyl (C=O) groups is 2. The Kier molecular flexibility index (Phi) is 7.16. The van der Waals surface area contributed by atoms with Gasteiger partial charge >= 0.3 is 0 Å². The van der Waals surface area contributed by atoms with Crippen molar-refractivity contribution < 1.29 is 9.59 Å². The maximum atomic E-state index is 11.9. The minimum Gasteiger partial charge on any atom is -0.352 e. The van der Waals surface area contributed by atoms with Crippen LogP contribution in [0.2, 0.25) is 5.02 Å². The summed E-state index contributed by atoms with van der Waals surface area (Å²) < 4.78 is 0. The van der Waals surface area contributed by atoms with Gasteiger partial charge in [-0.25, -0.2) is 0 Å². The lowest BCUT2D eigenvalue weighted by Crippen LogP contribution is -2.29. The first-order chi connectivity index (χ1) is 12.0. The number of hydrogen-bond acceptors (Lipinski definition) is 3. The van der Waals surface area contributed by atoms with Gasteiger partial charge in [0.2, 0.25) is 5.91 Å². The molecule has 0 aliphatic carbocycles. The molecule has 1 aromatic heterocycles. The molecule has 2 N–H and O–H groups in total. The molecule has 0 unspecified atom stereocenters. The van der Waals surface area contributed by atoms with E-state index in [0.29, 0.717) is 30.1 Å². The normalized spacial score (nSPS) is 10.6. The molecule has 0 saturated carbocycles. The highest BCUT2D eigenvalue weighted by atomic mass is 35.5. The minimum atomic E-state index is -0.177. The average Bonchev–Trinajstić information content (AvgIpc) is 2.61.